The summed E-state index contributed by atoms with van der Waals surface area (Å²) in [6, 6.07) is 4.36. The molecular weight excluding hydrogens is 340 g/mol. The van der Waals surface area contributed by atoms with E-state index >= 15 is 0 Å². The van der Waals surface area contributed by atoms with E-state index in [9.17, 15) is 19.2 Å². The molecule has 0 unspecified atom stereocenters. The Morgan fingerprint density at radius 2 is 1.88 bits per heavy atom. The van der Waals surface area contributed by atoms with E-state index in [2.05, 4.69) is 5.32 Å². The van der Waals surface area contributed by atoms with Gasteiger partial charge in [-0.3, -0.25) is 24.6 Å². The number of nitrogens with one attached hydrogen (secondary N) is 1. The minimum atomic E-state index is -0.511. The summed E-state index contributed by atoms with van der Waals surface area (Å²) in [4.78, 5) is 51.5. The van der Waals surface area contributed by atoms with Crippen LogP contribution in [0.5, 0.6) is 5.75 Å². The van der Waals surface area contributed by atoms with Crippen LogP contribution < -0.4 is 15.0 Å². The van der Waals surface area contributed by atoms with Crippen molar-refractivity contribution < 1.29 is 23.9 Å². The molecule has 2 fully saturated rings. The van der Waals surface area contributed by atoms with Gasteiger partial charge in [-0.1, -0.05) is 0 Å². The van der Waals surface area contributed by atoms with Crippen molar-refractivity contribution >= 4 is 29.9 Å². The summed E-state index contributed by atoms with van der Waals surface area (Å²) in [5.74, 6) is -0.0861. The molecule has 0 aliphatic carbocycles. The van der Waals surface area contributed by atoms with Gasteiger partial charge in [0.25, 0.3) is 5.91 Å². The number of methoxy groups -OCH3 is 1. The predicted octanol–water partition coefficient (Wildman–Crippen LogP) is 0.0557. The van der Waals surface area contributed by atoms with Crippen LogP contribution in [0.4, 0.5) is 10.5 Å². The van der Waals surface area contributed by atoms with Crippen molar-refractivity contribution in [1.82, 2.24) is 15.1 Å². The van der Waals surface area contributed by atoms with Crippen molar-refractivity contribution in [1.29, 1.82) is 0 Å². The molecule has 26 heavy (non-hydrogen) atoms. The van der Waals surface area contributed by atoms with Crippen molar-refractivity contribution in [2.75, 3.05) is 44.7 Å². The Labute approximate surface area is 150 Å². The molecule has 0 bridgehead atoms. The minimum absolute atomic E-state index is 0.154. The van der Waals surface area contributed by atoms with Crippen LogP contribution in [0.15, 0.2) is 18.2 Å². The number of benzene rings is 1. The van der Waals surface area contributed by atoms with E-state index < -0.39 is 6.03 Å². The second-order valence-corrected chi connectivity index (χ2v) is 6.08. The van der Waals surface area contributed by atoms with E-state index in [1.165, 1.54) is 12.0 Å². The number of ether oxygens (including phenoxy) is 1. The van der Waals surface area contributed by atoms with E-state index in [4.69, 9.17) is 4.74 Å². The lowest BCUT2D eigenvalue weighted by atomic mass is 10.1. The number of piperazine rings is 1. The Balaban J connectivity index is 1.78. The lowest BCUT2D eigenvalue weighted by Crippen LogP contribution is -2.49. The Hall–Kier alpha value is -3.10. The number of rotatable bonds is 4. The van der Waals surface area contributed by atoms with Crippen molar-refractivity contribution in [3.63, 3.8) is 0 Å². The normalized spacial score (nSPS) is 17.8. The standard InChI is InChI=1S/C17H20N4O5/c1-26-14-10-12(16(24)20-8-6-19(11-22)7-9-20)2-3-13(14)21-5-4-15(23)18-17(21)25/h2-3,10-11H,4-9H2,1H3,(H,18,23,25). The second-order valence-electron chi connectivity index (χ2n) is 6.08. The highest BCUT2D eigenvalue weighted by atomic mass is 16.5. The second kappa shape index (κ2) is 7.42. The van der Waals surface area contributed by atoms with E-state index in [1.807, 2.05) is 0 Å². The molecule has 2 aliphatic heterocycles. The fourth-order valence-corrected chi connectivity index (χ4v) is 3.04. The van der Waals surface area contributed by atoms with Crippen LogP contribution in [-0.4, -0.2) is 73.9 Å². The molecular formula is C17H20N4O5. The SMILES string of the molecule is COc1cc(C(=O)N2CCN(C=O)CC2)ccc1N1CCC(=O)NC1=O. The summed E-state index contributed by atoms with van der Waals surface area (Å²) < 4.78 is 5.35. The van der Waals surface area contributed by atoms with Crippen molar-refractivity contribution in [3.8, 4) is 5.75 Å². The van der Waals surface area contributed by atoms with Gasteiger partial charge in [-0.25, -0.2) is 4.79 Å². The van der Waals surface area contributed by atoms with Crippen LogP contribution in [0.25, 0.3) is 0 Å². The van der Waals surface area contributed by atoms with Gasteiger partial charge in [-0.15, -0.1) is 0 Å². The van der Waals surface area contributed by atoms with E-state index in [1.54, 1.807) is 28.0 Å². The largest absolute Gasteiger partial charge is 0.495 e. The molecule has 0 radical (unpaired) electrons. The van der Waals surface area contributed by atoms with Gasteiger partial charge in [-0.2, -0.15) is 0 Å². The van der Waals surface area contributed by atoms with Crippen LogP contribution in [0.3, 0.4) is 0 Å². The molecule has 0 aromatic heterocycles. The van der Waals surface area contributed by atoms with Gasteiger partial charge in [0.2, 0.25) is 12.3 Å². The Bertz CT molecular complexity index is 743. The number of carbonyl (C=O) groups excluding carboxylic acids is 4. The number of carbonyl (C=O) groups is 4. The molecule has 1 aromatic rings. The Morgan fingerprint density at radius 3 is 2.50 bits per heavy atom. The number of hydrogen-bond donors (Lipinski definition) is 1. The fourth-order valence-electron chi connectivity index (χ4n) is 3.04. The number of anilines is 1. The van der Waals surface area contributed by atoms with Crippen LogP contribution in [-0.2, 0) is 9.59 Å². The van der Waals surface area contributed by atoms with Crippen LogP contribution >= 0.6 is 0 Å². The molecule has 0 spiro atoms. The van der Waals surface area contributed by atoms with E-state index in [0.717, 1.165) is 6.41 Å². The van der Waals surface area contributed by atoms with Gasteiger partial charge in [0.15, 0.2) is 0 Å². The van der Waals surface area contributed by atoms with Crippen LogP contribution in [0.1, 0.15) is 16.8 Å². The average Bonchev–Trinajstić information content (AvgIpc) is 2.67. The first-order valence-corrected chi connectivity index (χ1v) is 8.31. The van der Waals surface area contributed by atoms with Gasteiger partial charge in [0.05, 0.1) is 12.8 Å². The maximum absolute atomic E-state index is 12.7. The molecule has 138 valence electrons. The highest BCUT2D eigenvalue weighted by molar-refractivity contribution is 6.06. The molecule has 9 nitrogen and oxygen atoms in total. The van der Waals surface area contributed by atoms with Gasteiger partial charge >= 0.3 is 6.03 Å². The lowest BCUT2D eigenvalue weighted by Gasteiger charge is -2.33. The van der Waals surface area contributed by atoms with Crippen LogP contribution in [0, 0.1) is 0 Å². The first-order valence-electron chi connectivity index (χ1n) is 8.31. The van der Waals surface area contributed by atoms with Crippen LogP contribution in [0.2, 0.25) is 0 Å². The van der Waals surface area contributed by atoms with Crippen molar-refractivity contribution in [3.05, 3.63) is 23.8 Å². The number of amides is 5. The van der Waals surface area contributed by atoms with Gasteiger partial charge in [0.1, 0.15) is 5.75 Å². The highest BCUT2D eigenvalue weighted by Gasteiger charge is 2.28. The summed E-state index contributed by atoms with van der Waals surface area (Å²) in [5, 5.41) is 2.26. The summed E-state index contributed by atoms with van der Waals surface area (Å²) in [5.41, 5.74) is 0.943. The molecule has 0 atom stereocenters. The van der Waals surface area contributed by atoms with Crippen molar-refractivity contribution in [2.24, 2.45) is 0 Å². The third kappa shape index (κ3) is 3.46. The van der Waals surface area contributed by atoms with Gasteiger partial charge in [0, 0.05) is 44.7 Å². The number of urea groups is 1. The number of hydrogen-bond acceptors (Lipinski definition) is 5. The monoisotopic (exact) mass is 360 g/mol. The summed E-state index contributed by atoms with van der Waals surface area (Å²) in [6.45, 7) is 2.21. The molecule has 5 amide bonds. The molecule has 9 heteroatoms. The summed E-state index contributed by atoms with van der Waals surface area (Å²) in [7, 11) is 1.46. The zero-order valence-electron chi connectivity index (χ0n) is 14.4. The molecule has 2 saturated heterocycles. The molecule has 2 aliphatic rings. The molecule has 1 N–H and O–H groups in total. The molecule has 1 aromatic carbocycles. The fraction of sp³-hybridized carbons (Fsp3) is 0.412. The first kappa shape index (κ1) is 17.7. The number of imide groups is 1. The lowest BCUT2D eigenvalue weighted by molar-refractivity contribution is -0.120. The summed E-state index contributed by atoms with van der Waals surface area (Å²) >= 11 is 0. The third-order valence-electron chi connectivity index (χ3n) is 4.52. The molecule has 2 heterocycles. The van der Waals surface area contributed by atoms with E-state index in [0.29, 0.717) is 43.2 Å². The molecule has 0 saturated carbocycles. The maximum atomic E-state index is 12.7. The third-order valence-corrected chi connectivity index (χ3v) is 4.52. The number of nitrogens with zero attached hydrogens (tertiary/aromatic N) is 3. The van der Waals surface area contributed by atoms with Gasteiger partial charge in [-0.05, 0) is 18.2 Å². The zero-order chi connectivity index (χ0) is 18.7. The van der Waals surface area contributed by atoms with E-state index in [-0.39, 0.29) is 24.8 Å². The Kier molecular flexibility index (Phi) is 5.06. The summed E-state index contributed by atoms with van der Waals surface area (Å²) in [6.07, 6.45) is 0.991. The minimum Gasteiger partial charge on any atom is -0.495 e. The Morgan fingerprint density at radius 1 is 1.15 bits per heavy atom. The first-order chi connectivity index (χ1) is 12.5. The topological polar surface area (TPSA) is 99.3 Å². The quantitative estimate of drug-likeness (QED) is 0.765. The molecule has 3 rings (SSSR count). The average molecular weight is 360 g/mol. The van der Waals surface area contributed by atoms with Gasteiger partial charge < -0.3 is 14.5 Å². The predicted molar refractivity (Wildman–Crippen MR) is 92.0 cm³/mol. The zero-order valence-corrected chi connectivity index (χ0v) is 14.4. The smallest absolute Gasteiger partial charge is 0.328 e. The highest BCUT2D eigenvalue weighted by Crippen LogP contribution is 2.31. The van der Waals surface area contributed by atoms with Crippen molar-refractivity contribution in [2.45, 2.75) is 6.42 Å². The maximum Gasteiger partial charge on any atom is 0.328 e.